The Morgan fingerprint density at radius 3 is 2.62 bits per heavy atom. The molecule has 0 bridgehead atoms. The van der Waals surface area contributed by atoms with E-state index in [1.165, 1.54) is 0 Å². The standard InChI is InChI=1S/C16H25N3O2/c1-3-18(15-9-7-14(17)8-10-15)12(2)13-5-4-6-16(11-13)19(20)21/h4-6,11-12,14-15H,3,7-10,17H2,1-2H3. The highest BCUT2D eigenvalue weighted by molar-refractivity contribution is 5.35. The minimum atomic E-state index is -0.327. The van der Waals surface area contributed by atoms with Gasteiger partial charge < -0.3 is 5.73 Å². The van der Waals surface area contributed by atoms with Crippen LogP contribution in [0.1, 0.15) is 51.1 Å². The van der Waals surface area contributed by atoms with Crippen LogP contribution < -0.4 is 5.73 Å². The molecule has 0 radical (unpaired) electrons. The van der Waals surface area contributed by atoms with Crippen LogP contribution in [0.3, 0.4) is 0 Å². The third-order valence-electron chi connectivity index (χ3n) is 4.64. The first-order valence-electron chi connectivity index (χ1n) is 7.78. The van der Waals surface area contributed by atoms with Crippen molar-refractivity contribution in [1.29, 1.82) is 0 Å². The van der Waals surface area contributed by atoms with Crippen LogP contribution in [0, 0.1) is 10.1 Å². The number of nitro groups is 1. The van der Waals surface area contributed by atoms with Crippen molar-refractivity contribution in [3.05, 3.63) is 39.9 Å². The van der Waals surface area contributed by atoms with Gasteiger partial charge in [-0.2, -0.15) is 0 Å². The summed E-state index contributed by atoms with van der Waals surface area (Å²) in [6.45, 7) is 5.24. The zero-order valence-electron chi connectivity index (χ0n) is 12.9. The number of rotatable bonds is 5. The van der Waals surface area contributed by atoms with Gasteiger partial charge in [-0.1, -0.05) is 19.1 Å². The van der Waals surface area contributed by atoms with Crippen molar-refractivity contribution in [2.45, 2.75) is 57.7 Å². The Bertz CT molecular complexity index is 484. The molecule has 1 fully saturated rings. The van der Waals surface area contributed by atoms with E-state index >= 15 is 0 Å². The molecule has 1 unspecified atom stereocenters. The highest BCUT2D eigenvalue weighted by Crippen LogP contribution is 2.30. The van der Waals surface area contributed by atoms with E-state index in [4.69, 9.17) is 5.73 Å². The molecule has 1 atom stereocenters. The van der Waals surface area contributed by atoms with Crippen LogP contribution in [0.5, 0.6) is 0 Å². The van der Waals surface area contributed by atoms with E-state index in [2.05, 4.69) is 18.7 Å². The molecular weight excluding hydrogens is 266 g/mol. The maximum absolute atomic E-state index is 10.9. The Hall–Kier alpha value is -1.46. The van der Waals surface area contributed by atoms with Crippen LogP contribution >= 0.6 is 0 Å². The molecule has 0 heterocycles. The topological polar surface area (TPSA) is 72.4 Å². The second-order valence-corrected chi connectivity index (χ2v) is 5.93. The normalized spacial score (nSPS) is 24.0. The molecule has 1 aliphatic carbocycles. The fourth-order valence-electron chi connectivity index (χ4n) is 3.37. The van der Waals surface area contributed by atoms with Gasteiger partial charge in [0.2, 0.25) is 0 Å². The lowest BCUT2D eigenvalue weighted by Crippen LogP contribution is -2.42. The highest BCUT2D eigenvalue weighted by Gasteiger charge is 2.27. The fraction of sp³-hybridized carbons (Fsp3) is 0.625. The van der Waals surface area contributed by atoms with E-state index in [9.17, 15) is 10.1 Å². The highest BCUT2D eigenvalue weighted by atomic mass is 16.6. The number of nitrogens with zero attached hydrogens (tertiary/aromatic N) is 2. The van der Waals surface area contributed by atoms with Gasteiger partial charge in [0, 0.05) is 30.3 Å². The molecule has 0 aromatic heterocycles. The van der Waals surface area contributed by atoms with Gasteiger partial charge in [-0.3, -0.25) is 15.0 Å². The molecule has 1 saturated carbocycles. The third-order valence-corrected chi connectivity index (χ3v) is 4.64. The van der Waals surface area contributed by atoms with Gasteiger partial charge in [0.1, 0.15) is 0 Å². The van der Waals surface area contributed by atoms with Crippen LogP contribution in [-0.2, 0) is 0 Å². The summed E-state index contributed by atoms with van der Waals surface area (Å²) in [6, 6.07) is 8.06. The molecule has 2 N–H and O–H groups in total. The number of hydrogen-bond acceptors (Lipinski definition) is 4. The maximum atomic E-state index is 10.9. The predicted molar refractivity (Wildman–Crippen MR) is 84.1 cm³/mol. The quantitative estimate of drug-likeness (QED) is 0.667. The minimum Gasteiger partial charge on any atom is -0.328 e. The number of benzene rings is 1. The number of nitrogens with two attached hydrogens (primary N) is 1. The van der Waals surface area contributed by atoms with E-state index in [0.29, 0.717) is 12.1 Å². The smallest absolute Gasteiger partial charge is 0.269 e. The molecule has 21 heavy (non-hydrogen) atoms. The van der Waals surface area contributed by atoms with Crippen LogP contribution in [0.2, 0.25) is 0 Å². The van der Waals surface area contributed by atoms with Crippen molar-refractivity contribution in [1.82, 2.24) is 4.90 Å². The molecule has 5 heteroatoms. The van der Waals surface area contributed by atoms with Gasteiger partial charge in [0.05, 0.1) is 4.92 Å². The molecule has 2 rings (SSSR count). The zero-order chi connectivity index (χ0) is 15.4. The molecule has 0 amide bonds. The lowest BCUT2D eigenvalue weighted by atomic mass is 9.89. The van der Waals surface area contributed by atoms with Crippen LogP contribution in [-0.4, -0.2) is 28.5 Å². The number of hydrogen-bond donors (Lipinski definition) is 1. The molecule has 116 valence electrons. The van der Waals surface area contributed by atoms with Crippen molar-refractivity contribution >= 4 is 5.69 Å². The van der Waals surface area contributed by atoms with Crippen molar-refractivity contribution in [3.63, 3.8) is 0 Å². The van der Waals surface area contributed by atoms with E-state index in [0.717, 1.165) is 37.8 Å². The maximum Gasteiger partial charge on any atom is 0.269 e. The van der Waals surface area contributed by atoms with Crippen molar-refractivity contribution < 1.29 is 4.92 Å². The average molecular weight is 291 g/mol. The summed E-state index contributed by atoms with van der Waals surface area (Å²) in [4.78, 5) is 13.1. The molecule has 5 nitrogen and oxygen atoms in total. The van der Waals surface area contributed by atoms with Gasteiger partial charge in [-0.25, -0.2) is 0 Å². The predicted octanol–water partition coefficient (Wildman–Crippen LogP) is 3.25. The average Bonchev–Trinajstić information content (AvgIpc) is 2.50. The minimum absolute atomic E-state index is 0.168. The summed E-state index contributed by atoms with van der Waals surface area (Å²) in [7, 11) is 0. The largest absolute Gasteiger partial charge is 0.328 e. The molecule has 0 spiro atoms. The van der Waals surface area contributed by atoms with Gasteiger partial charge >= 0.3 is 0 Å². The second kappa shape index (κ2) is 7.00. The Kier molecular flexibility index (Phi) is 5.31. The Labute approximate surface area is 126 Å². The Balaban J connectivity index is 2.14. The molecule has 1 aromatic carbocycles. The third kappa shape index (κ3) is 3.80. The Morgan fingerprint density at radius 2 is 2.05 bits per heavy atom. The van der Waals surface area contributed by atoms with Gasteiger partial charge in [-0.05, 0) is 44.7 Å². The number of non-ortho nitro benzene ring substituents is 1. The van der Waals surface area contributed by atoms with E-state index in [1.807, 2.05) is 6.07 Å². The lowest BCUT2D eigenvalue weighted by Gasteiger charge is -2.39. The second-order valence-electron chi connectivity index (χ2n) is 5.93. The molecular formula is C16H25N3O2. The first-order valence-corrected chi connectivity index (χ1v) is 7.78. The lowest BCUT2D eigenvalue weighted by molar-refractivity contribution is -0.385. The molecule has 0 saturated heterocycles. The van der Waals surface area contributed by atoms with E-state index < -0.39 is 0 Å². The summed E-state index contributed by atoms with van der Waals surface area (Å²) in [5, 5.41) is 10.9. The fourth-order valence-corrected chi connectivity index (χ4v) is 3.37. The van der Waals surface area contributed by atoms with E-state index in [-0.39, 0.29) is 16.7 Å². The number of nitro benzene ring substituents is 1. The summed E-state index contributed by atoms with van der Waals surface area (Å²) < 4.78 is 0. The van der Waals surface area contributed by atoms with Crippen LogP contribution in [0.4, 0.5) is 5.69 Å². The Morgan fingerprint density at radius 1 is 1.38 bits per heavy atom. The zero-order valence-corrected chi connectivity index (χ0v) is 12.9. The summed E-state index contributed by atoms with van der Waals surface area (Å²) in [6.07, 6.45) is 4.38. The van der Waals surface area contributed by atoms with E-state index in [1.54, 1.807) is 18.2 Å². The summed E-state index contributed by atoms with van der Waals surface area (Å²) in [5.41, 5.74) is 7.17. The molecule has 1 aromatic rings. The van der Waals surface area contributed by atoms with Crippen LogP contribution in [0.15, 0.2) is 24.3 Å². The summed E-state index contributed by atoms with van der Waals surface area (Å²) >= 11 is 0. The van der Waals surface area contributed by atoms with Gasteiger partial charge in [0.25, 0.3) is 5.69 Å². The van der Waals surface area contributed by atoms with Gasteiger partial charge in [-0.15, -0.1) is 0 Å². The molecule has 0 aliphatic heterocycles. The first-order chi connectivity index (χ1) is 10.0. The van der Waals surface area contributed by atoms with Gasteiger partial charge in [0.15, 0.2) is 0 Å². The van der Waals surface area contributed by atoms with Crippen molar-refractivity contribution in [2.75, 3.05) is 6.54 Å². The van der Waals surface area contributed by atoms with Crippen LogP contribution in [0.25, 0.3) is 0 Å². The first kappa shape index (κ1) is 15.9. The molecule has 1 aliphatic rings. The van der Waals surface area contributed by atoms with Crippen molar-refractivity contribution in [3.8, 4) is 0 Å². The monoisotopic (exact) mass is 291 g/mol. The SMILES string of the molecule is CCN(C1CCC(N)CC1)C(C)c1cccc([N+](=O)[O-])c1. The summed E-state index contributed by atoms with van der Waals surface area (Å²) in [5.74, 6) is 0. The van der Waals surface area contributed by atoms with Crippen molar-refractivity contribution in [2.24, 2.45) is 5.73 Å².